The van der Waals surface area contributed by atoms with Gasteiger partial charge in [-0.1, -0.05) is 30.3 Å². The maximum absolute atomic E-state index is 10.9. The smallest absolute Gasteiger partial charge is 0.332 e. The van der Waals surface area contributed by atoms with E-state index in [-0.39, 0.29) is 13.0 Å². The standard InChI is InChI=1S/C12H15NO5/c13-9(11(14)15)6-10(12(16)17)18-7-8-4-2-1-3-5-8/h1-5,9-10H,6-7,13H2,(H,14,15)(H,16,17). The zero-order chi connectivity index (χ0) is 13.5. The number of carboxylic acid groups (broad SMARTS) is 2. The SMILES string of the molecule is NC(CC(OCc1ccccc1)C(=O)O)C(=O)O. The molecule has 0 aliphatic heterocycles. The first-order valence-electron chi connectivity index (χ1n) is 5.37. The lowest BCUT2D eigenvalue weighted by atomic mass is 10.1. The van der Waals surface area contributed by atoms with Gasteiger partial charge < -0.3 is 20.7 Å². The van der Waals surface area contributed by atoms with Crippen molar-refractivity contribution in [3.05, 3.63) is 35.9 Å². The van der Waals surface area contributed by atoms with Crippen molar-refractivity contribution in [3.63, 3.8) is 0 Å². The number of nitrogens with two attached hydrogens (primary N) is 1. The van der Waals surface area contributed by atoms with Gasteiger partial charge in [0.25, 0.3) is 0 Å². The average Bonchev–Trinajstić information content (AvgIpc) is 2.34. The molecule has 0 fully saturated rings. The maximum atomic E-state index is 10.9. The quantitative estimate of drug-likeness (QED) is 0.651. The van der Waals surface area contributed by atoms with Gasteiger partial charge in [-0.15, -0.1) is 0 Å². The molecule has 0 aliphatic rings. The zero-order valence-electron chi connectivity index (χ0n) is 9.65. The van der Waals surface area contributed by atoms with E-state index in [1.54, 1.807) is 24.3 Å². The minimum atomic E-state index is -1.25. The lowest BCUT2D eigenvalue weighted by Crippen LogP contribution is -2.38. The number of rotatable bonds is 7. The van der Waals surface area contributed by atoms with Gasteiger partial charge in [0.15, 0.2) is 6.10 Å². The van der Waals surface area contributed by atoms with E-state index in [0.717, 1.165) is 5.56 Å². The molecule has 1 rings (SSSR count). The molecule has 98 valence electrons. The summed E-state index contributed by atoms with van der Waals surface area (Å²) in [5.41, 5.74) is 6.09. The van der Waals surface area contributed by atoms with Crippen LogP contribution in [0.3, 0.4) is 0 Å². The van der Waals surface area contributed by atoms with Crippen LogP contribution in [0.25, 0.3) is 0 Å². The number of hydrogen-bond acceptors (Lipinski definition) is 4. The molecule has 2 atom stereocenters. The Morgan fingerprint density at radius 1 is 1.17 bits per heavy atom. The minimum Gasteiger partial charge on any atom is -0.480 e. The van der Waals surface area contributed by atoms with Crippen LogP contribution < -0.4 is 5.73 Å². The van der Waals surface area contributed by atoms with Gasteiger partial charge in [-0.2, -0.15) is 0 Å². The summed E-state index contributed by atoms with van der Waals surface area (Å²) in [6.07, 6.45) is -1.49. The third kappa shape index (κ3) is 4.52. The van der Waals surface area contributed by atoms with Crippen LogP contribution in [0.5, 0.6) is 0 Å². The molecule has 0 spiro atoms. The summed E-state index contributed by atoms with van der Waals surface area (Å²) in [4.78, 5) is 21.5. The number of carbonyl (C=O) groups is 2. The molecule has 0 radical (unpaired) electrons. The van der Waals surface area contributed by atoms with Crippen molar-refractivity contribution in [2.45, 2.75) is 25.2 Å². The van der Waals surface area contributed by atoms with E-state index in [1.807, 2.05) is 6.07 Å². The van der Waals surface area contributed by atoms with Crippen LogP contribution in [0, 0.1) is 0 Å². The van der Waals surface area contributed by atoms with Crippen molar-refractivity contribution >= 4 is 11.9 Å². The van der Waals surface area contributed by atoms with E-state index in [0.29, 0.717) is 0 Å². The molecular weight excluding hydrogens is 238 g/mol. The van der Waals surface area contributed by atoms with E-state index in [9.17, 15) is 9.59 Å². The fourth-order valence-electron chi connectivity index (χ4n) is 1.34. The number of carboxylic acids is 2. The first-order valence-corrected chi connectivity index (χ1v) is 5.37. The second-order valence-electron chi connectivity index (χ2n) is 3.80. The van der Waals surface area contributed by atoms with Crippen LogP contribution in [0.15, 0.2) is 30.3 Å². The predicted molar refractivity (Wildman–Crippen MR) is 62.9 cm³/mol. The molecule has 4 N–H and O–H groups in total. The first kappa shape index (κ1) is 14.1. The van der Waals surface area contributed by atoms with Gasteiger partial charge in [0, 0.05) is 6.42 Å². The molecule has 0 aliphatic carbocycles. The Hall–Kier alpha value is -1.92. The zero-order valence-corrected chi connectivity index (χ0v) is 9.65. The van der Waals surface area contributed by atoms with Crippen molar-refractivity contribution in [1.29, 1.82) is 0 Å². The van der Waals surface area contributed by atoms with Crippen LogP contribution in [0.1, 0.15) is 12.0 Å². The van der Waals surface area contributed by atoms with Crippen LogP contribution in [-0.2, 0) is 20.9 Å². The number of aliphatic carboxylic acids is 2. The van der Waals surface area contributed by atoms with Gasteiger partial charge in [0.2, 0.25) is 0 Å². The maximum Gasteiger partial charge on any atom is 0.332 e. The van der Waals surface area contributed by atoms with Crippen LogP contribution in [0.2, 0.25) is 0 Å². The van der Waals surface area contributed by atoms with Crippen molar-refractivity contribution in [2.24, 2.45) is 5.73 Å². The molecule has 0 bridgehead atoms. The van der Waals surface area contributed by atoms with Crippen molar-refractivity contribution in [1.82, 2.24) is 0 Å². The number of benzene rings is 1. The first-order chi connectivity index (χ1) is 8.50. The Balaban J connectivity index is 2.53. The molecule has 1 aromatic carbocycles. The van der Waals surface area contributed by atoms with Crippen molar-refractivity contribution in [2.75, 3.05) is 0 Å². The summed E-state index contributed by atoms with van der Waals surface area (Å²) in [6.45, 7) is 0.101. The summed E-state index contributed by atoms with van der Waals surface area (Å²) >= 11 is 0. The van der Waals surface area contributed by atoms with Gasteiger partial charge in [-0.05, 0) is 5.56 Å². The lowest BCUT2D eigenvalue weighted by Gasteiger charge is -2.15. The molecular formula is C12H15NO5. The molecule has 6 nitrogen and oxygen atoms in total. The minimum absolute atomic E-state index is 0.101. The van der Waals surface area contributed by atoms with Gasteiger partial charge in [-0.3, -0.25) is 4.79 Å². The van der Waals surface area contributed by atoms with E-state index < -0.39 is 24.1 Å². The van der Waals surface area contributed by atoms with Crippen LogP contribution in [-0.4, -0.2) is 34.3 Å². The van der Waals surface area contributed by atoms with Gasteiger partial charge in [0.05, 0.1) is 6.61 Å². The van der Waals surface area contributed by atoms with Crippen molar-refractivity contribution < 1.29 is 24.5 Å². The van der Waals surface area contributed by atoms with E-state index in [4.69, 9.17) is 20.7 Å². The summed E-state index contributed by atoms with van der Waals surface area (Å²) in [5.74, 6) is -2.47. The molecule has 0 aromatic heterocycles. The third-order valence-corrected chi connectivity index (χ3v) is 2.35. The highest BCUT2D eigenvalue weighted by molar-refractivity contribution is 5.76. The molecule has 2 unspecified atom stereocenters. The molecule has 0 saturated carbocycles. The molecule has 0 saturated heterocycles. The van der Waals surface area contributed by atoms with Crippen LogP contribution >= 0.6 is 0 Å². The third-order valence-electron chi connectivity index (χ3n) is 2.35. The summed E-state index contributed by atoms with van der Waals surface area (Å²) in [7, 11) is 0. The lowest BCUT2D eigenvalue weighted by molar-refractivity contribution is -0.153. The Labute approximate surface area is 104 Å². The highest BCUT2D eigenvalue weighted by Gasteiger charge is 2.24. The second kappa shape index (κ2) is 6.73. The van der Waals surface area contributed by atoms with Gasteiger partial charge in [0.1, 0.15) is 6.04 Å². The normalized spacial score (nSPS) is 13.8. The summed E-state index contributed by atoms with van der Waals surface area (Å²) in [5, 5.41) is 17.5. The molecule has 18 heavy (non-hydrogen) atoms. The van der Waals surface area contributed by atoms with E-state index >= 15 is 0 Å². The Bertz CT molecular complexity index is 406. The largest absolute Gasteiger partial charge is 0.480 e. The molecule has 1 aromatic rings. The molecule has 0 amide bonds. The predicted octanol–water partition coefficient (Wildman–Crippen LogP) is 0.458. The average molecular weight is 253 g/mol. The number of hydrogen-bond donors (Lipinski definition) is 3. The summed E-state index contributed by atoms with van der Waals surface area (Å²) in [6, 6.07) is 7.77. The monoisotopic (exact) mass is 253 g/mol. The van der Waals surface area contributed by atoms with Crippen molar-refractivity contribution in [3.8, 4) is 0 Å². The van der Waals surface area contributed by atoms with Gasteiger partial charge in [-0.25, -0.2) is 4.79 Å². The Kier molecular flexibility index (Phi) is 5.29. The topological polar surface area (TPSA) is 110 Å². The second-order valence-corrected chi connectivity index (χ2v) is 3.80. The summed E-state index contributed by atoms with van der Waals surface area (Å²) < 4.78 is 5.17. The van der Waals surface area contributed by atoms with E-state index in [2.05, 4.69) is 0 Å². The number of ether oxygens (including phenoxy) is 1. The molecule has 0 heterocycles. The Morgan fingerprint density at radius 3 is 2.28 bits per heavy atom. The van der Waals surface area contributed by atoms with E-state index in [1.165, 1.54) is 0 Å². The Morgan fingerprint density at radius 2 is 1.78 bits per heavy atom. The fourth-order valence-corrected chi connectivity index (χ4v) is 1.34. The van der Waals surface area contributed by atoms with Gasteiger partial charge >= 0.3 is 11.9 Å². The van der Waals surface area contributed by atoms with Crippen LogP contribution in [0.4, 0.5) is 0 Å². The highest BCUT2D eigenvalue weighted by atomic mass is 16.5. The fraction of sp³-hybridized carbons (Fsp3) is 0.333. The molecule has 6 heteroatoms. The highest BCUT2D eigenvalue weighted by Crippen LogP contribution is 2.08.